The van der Waals surface area contributed by atoms with Gasteiger partial charge in [0.15, 0.2) is 0 Å². The summed E-state index contributed by atoms with van der Waals surface area (Å²) >= 11 is 0. The van der Waals surface area contributed by atoms with Crippen molar-refractivity contribution < 1.29 is 14.6 Å². The van der Waals surface area contributed by atoms with Crippen LogP contribution < -0.4 is 4.90 Å². The van der Waals surface area contributed by atoms with Crippen LogP contribution in [-0.4, -0.2) is 29.4 Å². The van der Waals surface area contributed by atoms with Gasteiger partial charge in [0.25, 0.3) is 0 Å². The summed E-state index contributed by atoms with van der Waals surface area (Å²) in [6.45, 7) is 2.22. The summed E-state index contributed by atoms with van der Waals surface area (Å²) in [5.41, 5.74) is 1.43. The van der Waals surface area contributed by atoms with Gasteiger partial charge in [0.2, 0.25) is 0 Å². The van der Waals surface area contributed by atoms with Crippen LogP contribution in [-0.2, 0) is 0 Å². The molecule has 0 unspecified atom stereocenters. The molecule has 4 heteroatoms. The molecule has 0 aliphatic heterocycles. The second-order valence-corrected chi connectivity index (χ2v) is 4.88. The van der Waals surface area contributed by atoms with E-state index in [1.165, 1.54) is 18.6 Å². The van der Waals surface area contributed by atoms with Gasteiger partial charge in [0, 0.05) is 23.8 Å². The van der Waals surface area contributed by atoms with E-state index in [1.54, 1.807) is 13.0 Å². The second-order valence-electron chi connectivity index (χ2n) is 4.88. The average molecular weight is 253 g/mol. The van der Waals surface area contributed by atoms with E-state index in [0.717, 1.165) is 18.5 Å². The fraction of sp³-hybridized carbons (Fsp3) is 0.571. The first-order valence-electron chi connectivity index (χ1n) is 6.48. The van der Waals surface area contributed by atoms with Crippen molar-refractivity contribution in [3.8, 4) is 0 Å². The van der Waals surface area contributed by atoms with Gasteiger partial charge in [0.1, 0.15) is 5.82 Å². The van der Waals surface area contributed by atoms with Gasteiger partial charge >= 0.3 is 0 Å². The highest BCUT2D eigenvalue weighted by atomic mass is 19.1. The molecule has 0 spiro atoms. The molecule has 0 amide bonds. The summed E-state index contributed by atoms with van der Waals surface area (Å²) in [6, 6.07) is 4.89. The van der Waals surface area contributed by atoms with E-state index >= 15 is 0 Å². The van der Waals surface area contributed by atoms with E-state index in [0.29, 0.717) is 18.2 Å². The first-order valence-corrected chi connectivity index (χ1v) is 6.48. The maximum absolute atomic E-state index is 13.3. The lowest BCUT2D eigenvalue weighted by Gasteiger charge is -2.40. The maximum atomic E-state index is 13.3. The predicted octanol–water partition coefficient (Wildman–Crippen LogP) is 2.23. The minimum atomic E-state index is -0.711. The molecule has 18 heavy (non-hydrogen) atoms. The lowest BCUT2D eigenvalue weighted by Crippen LogP contribution is -2.42. The molecule has 0 bridgehead atoms. The number of anilines is 1. The Bertz CT molecular complexity index is 405. The van der Waals surface area contributed by atoms with Gasteiger partial charge in [-0.25, -0.2) is 4.39 Å². The molecular weight excluding hydrogens is 233 g/mol. The van der Waals surface area contributed by atoms with Crippen LogP contribution in [0.5, 0.6) is 0 Å². The van der Waals surface area contributed by atoms with Crippen molar-refractivity contribution in [3.63, 3.8) is 0 Å². The van der Waals surface area contributed by atoms with Crippen LogP contribution in [0, 0.1) is 5.82 Å². The highest BCUT2D eigenvalue weighted by molar-refractivity contribution is 5.56. The van der Waals surface area contributed by atoms with Crippen LogP contribution in [0.1, 0.15) is 37.9 Å². The van der Waals surface area contributed by atoms with Gasteiger partial charge in [-0.1, -0.05) is 0 Å². The Morgan fingerprint density at radius 1 is 1.44 bits per heavy atom. The zero-order valence-electron chi connectivity index (χ0n) is 10.6. The molecule has 1 aromatic rings. The number of hydrogen-bond acceptors (Lipinski definition) is 3. The molecule has 1 aliphatic rings. The Morgan fingerprint density at radius 2 is 2.17 bits per heavy atom. The average Bonchev–Trinajstić information content (AvgIpc) is 2.26. The molecule has 1 fully saturated rings. The summed E-state index contributed by atoms with van der Waals surface area (Å²) in [6.07, 6.45) is 2.67. The van der Waals surface area contributed by atoms with E-state index in [2.05, 4.69) is 4.90 Å². The van der Waals surface area contributed by atoms with Gasteiger partial charge in [-0.05, 0) is 44.4 Å². The lowest BCUT2D eigenvalue weighted by atomic mass is 9.90. The van der Waals surface area contributed by atoms with Crippen molar-refractivity contribution in [2.24, 2.45) is 0 Å². The Kier molecular flexibility index (Phi) is 4.19. The van der Waals surface area contributed by atoms with Gasteiger partial charge in [-0.15, -0.1) is 0 Å². The molecule has 1 atom stereocenters. The zero-order chi connectivity index (χ0) is 13.1. The highest BCUT2D eigenvalue weighted by Crippen LogP contribution is 2.34. The van der Waals surface area contributed by atoms with Crippen molar-refractivity contribution in [1.29, 1.82) is 0 Å². The van der Waals surface area contributed by atoms with E-state index < -0.39 is 6.10 Å². The Hall–Kier alpha value is -1.13. The van der Waals surface area contributed by atoms with Crippen molar-refractivity contribution in [3.05, 3.63) is 29.6 Å². The number of hydrogen-bond donors (Lipinski definition) is 2. The van der Waals surface area contributed by atoms with Crippen LogP contribution in [0.4, 0.5) is 10.1 Å². The number of halogens is 1. The quantitative estimate of drug-likeness (QED) is 0.845. The summed E-state index contributed by atoms with van der Waals surface area (Å²) in [5, 5.41) is 18.9. The largest absolute Gasteiger partial charge is 0.395 e. The lowest BCUT2D eigenvalue weighted by molar-refractivity contribution is 0.198. The standard InChI is InChI=1S/C14H20FNO2/c1-10(18)13-9-11(15)5-6-14(13)16(7-8-17)12-3-2-4-12/h5-6,9-10,12,17-18H,2-4,7-8H2,1H3/t10-/m0/s1. The minimum Gasteiger partial charge on any atom is -0.395 e. The SMILES string of the molecule is C[C@H](O)c1cc(F)ccc1N(CCO)C1CCC1. The second kappa shape index (κ2) is 5.67. The predicted molar refractivity (Wildman–Crippen MR) is 69.1 cm³/mol. The molecule has 2 rings (SSSR count). The number of aliphatic hydroxyl groups excluding tert-OH is 2. The molecule has 100 valence electrons. The highest BCUT2D eigenvalue weighted by Gasteiger charge is 2.27. The first-order chi connectivity index (χ1) is 8.63. The Labute approximate surface area is 107 Å². The molecule has 1 aromatic carbocycles. The summed E-state index contributed by atoms with van der Waals surface area (Å²) < 4.78 is 13.3. The van der Waals surface area contributed by atoms with E-state index in [4.69, 9.17) is 0 Å². The van der Waals surface area contributed by atoms with Crippen molar-refractivity contribution >= 4 is 5.69 Å². The fourth-order valence-electron chi connectivity index (χ4n) is 2.43. The first kappa shape index (κ1) is 13.3. The fourth-order valence-corrected chi connectivity index (χ4v) is 2.43. The molecule has 0 heterocycles. The van der Waals surface area contributed by atoms with Gasteiger partial charge in [-0.2, -0.15) is 0 Å². The van der Waals surface area contributed by atoms with Crippen molar-refractivity contribution in [1.82, 2.24) is 0 Å². The van der Waals surface area contributed by atoms with Gasteiger partial charge in [-0.3, -0.25) is 0 Å². The van der Waals surface area contributed by atoms with Crippen molar-refractivity contribution in [2.45, 2.75) is 38.3 Å². The number of aliphatic hydroxyl groups is 2. The third-order valence-corrected chi connectivity index (χ3v) is 3.61. The molecule has 3 nitrogen and oxygen atoms in total. The molecule has 1 aliphatic carbocycles. The van der Waals surface area contributed by atoms with E-state index in [-0.39, 0.29) is 12.4 Å². The number of nitrogens with zero attached hydrogens (tertiary/aromatic N) is 1. The molecule has 0 saturated heterocycles. The normalized spacial score (nSPS) is 17.3. The summed E-state index contributed by atoms with van der Waals surface area (Å²) in [4.78, 5) is 2.09. The van der Waals surface area contributed by atoms with Crippen LogP contribution in [0.3, 0.4) is 0 Å². The Morgan fingerprint density at radius 3 is 2.67 bits per heavy atom. The summed E-state index contributed by atoms with van der Waals surface area (Å²) in [7, 11) is 0. The third kappa shape index (κ3) is 2.65. The number of benzene rings is 1. The van der Waals surface area contributed by atoms with Crippen LogP contribution in [0.25, 0.3) is 0 Å². The molecule has 0 radical (unpaired) electrons. The topological polar surface area (TPSA) is 43.7 Å². The smallest absolute Gasteiger partial charge is 0.123 e. The van der Waals surface area contributed by atoms with Crippen LogP contribution >= 0.6 is 0 Å². The maximum Gasteiger partial charge on any atom is 0.123 e. The molecular formula is C14H20FNO2. The third-order valence-electron chi connectivity index (χ3n) is 3.61. The zero-order valence-corrected chi connectivity index (χ0v) is 10.6. The summed E-state index contributed by atoms with van der Waals surface area (Å²) in [5.74, 6) is -0.341. The van der Waals surface area contributed by atoms with Crippen molar-refractivity contribution in [2.75, 3.05) is 18.1 Å². The molecule has 1 saturated carbocycles. The van der Waals surface area contributed by atoms with Gasteiger partial charge < -0.3 is 15.1 Å². The van der Waals surface area contributed by atoms with Crippen LogP contribution in [0.2, 0.25) is 0 Å². The van der Waals surface area contributed by atoms with E-state index in [1.807, 2.05) is 0 Å². The van der Waals surface area contributed by atoms with Gasteiger partial charge in [0.05, 0.1) is 12.7 Å². The molecule has 2 N–H and O–H groups in total. The number of rotatable bonds is 5. The Balaban J connectivity index is 2.33. The minimum absolute atomic E-state index is 0.0626. The van der Waals surface area contributed by atoms with E-state index in [9.17, 15) is 14.6 Å². The van der Waals surface area contributed by atoms with Crippen LogP contribution in [0.15, 0.2) is 18.2 Å². The molecule has 0 aromatic heterocycles. The monoisotopic (exact) mass is 253 g/mol.